The lowest BCUT2D eigenvalue weighted by Crippen LogP contribution is -2.45. The Morgan fingerprint density at radius 1 is 1.09 bits per heavy atom. The minimum atomic E-state index is -0.533. The van der Waals surface area contributed by atoms with Gasteiger partial charge in [0.05, 0.1) is 30.6 Å². The van der Waals surface area contributed by atoms with Crippen LogP contribution in [0.15, 0.2) is 24.4 Å². The maximum absolute atomic E-state index is 13.9. The topological polar surface area (TPSA) is 34.6 Å². The van der Waals surface area contributed by atoms with Gasteiger partial charge in [0.15, 0.2) is 5.79 Å². The van der Waals surface area contributed by atoms with E-state index in [4.69, 9.17) is 9.47 Å². The van der Waals surface area contributed by atoms with Gasteiger partial charge in [-0.2, -0.15) is 0 Å². The molecule has 4 nitrogen and oxygen atoms in total. The van der Waals surface area contributed by atoms with Crippen molar-refractivity contribution in [3.63, 3.8) is 0 Å². The first kappa shape index (κ1) is 13.8. The van der Waals surface area contributed by atoms with Gasteiger partial charge in [-0.25, -0.2) is 8.78 Å². The summed E-state index contributed by atoms with van der Waals surface area (Å²) in [6.07, 6.45) is 2.64. The lowest BCUT2D eigenvalue weighted by molar-refractivity contribution is -0.169. The molecule has 0 amide bonds. The first-order chi connectivity index (χ1) is 10.7. The van der Waals surface area contributed by atoms with Gasteiger partial charge in [0.1, 0.15) is 11.6 Å². The second-order valence-electron chi connectivity index (χ2n) is 5.71. The predicted octanol–water partition coefficient (Wildman–Crippen LogP) is 2.86. The number of halogens is 2. The zero-order valence-corrected chi connectivity index (χ0v) is 12.0. The van der Waals surface area contributed by atoms with Crippen LogP contribution in [0.5, 0.6) is 0 Å². The number of rotatable bonds is 1. The smallest absolute Gasteiger partial charge is 0.171 e. The fourth-order valence-electron chi connectivity index (χ4n) is 3.28. The number of aromatic nitrogens is 1. The van der Waals surface area contributed by atoms with Crippen LogP contribution in [0.4, 0.5) is 14.5 Å². The van der Waals surface area contributed by atoms with Crippen LogP contribution >= 0.6 is 0 Å². The highest BCUT2D eigenvalue weighted by molar-refractivity contribution is 5.91. The van der Waals surface area contributed by atoms with Gasteiger partial charge in [0.2, 0.25) is 0 Å². The third kappa shape index (κ3) is 2.23. The van der Waals surface area contributed by atoms with E-state index in [1.807, 2.05) is 0 Å². The molecule has 0 unspecified atom stereocenters. The second-order valence-corrected chi connectivity index (χ2v) is 5.71. The van der Waals surface area contributed by atoms with E-state index >= 15 is 0 Å². The van der Waals surface area contributed by atoms with E-state index in [-0.39, 0.29) is 5.39 Å². The van der Waals surface area contributed by atoms with Crippen LogP contribution in [0.25, 0.3) is 10.9 Å². The predicted molar refractivity (Wildman–Crippen MR) is 77.7 cm³/mol. The molecule has 2 saturated heterocycles. The van der Waals surface area contributed by atoms with Gasteiger partial charge in [-0.05, 0) is 18.2 Å². The van der Waals surface area contributed by atoms with Crippen molar-refractivity contribution in [1.29, 1.82) is 0 Å². The fourth-order valence-corrected chi connectivity index (χ4v) is 3.28. The molecule has 0 aliphatic carbocycles. The minimum absolute atomic E-state index is 0.214. The Morgan fingerprint density at radius 2 is 1.82 bits per heavy atom. The van der Waals surface area contributed by atoms with E-state index in [0.29, 0.717) is 18.7 Å². The SMILES string of the molecule is Fc1cnc2c(N3CCC4(CC3)OCCO4)ccc(F)c2c1. The van der Waals surface area contributed by atoms with Gasteiger partial charge in [-0.1, -0.05) is 0 Å². The maximum Gasteiger partial charge on any atom is 0.171 e. The zero-order valence-electron chi connectivity index (χ0n) is 12.0. The molecule has 3 heterocycles. The Morgan fingerprint density at radius 3 is 2.55 bits per heavy atom. The third-order valence-corrected chi connectivity index (χ3v) is 4.42. The molecule has 0 bridgehead atoms. The maximum atomic E-state index is 13.9. The largest absolute Gasteiger partial charge is 0.369 e. The standard InChI is InChI=1S/C16H16F2N2O2/c17-11-9-12-13(18)1-2-14(15(12)19-10-11)20-5-3-16(4-6-20)21-7-8-22-16/h1-2,9-10H,3-8H2. The summed E-state index contributed by atoms with van der Waals surface area (Å²) < 4.78 is 38.6. The molecule has 116 valence electrons. The second kappa shape index (κ2) is 5.14. The highest BCUT2D eigenvalue weighted by Crippen LogP contribution is 2.35. The van der Waals surface area contributed by atoms with Crippen molar-refractivity contribution < 1.29 is 18.3 Å². The highest BCUT2D eigenvalue weighted by atomic mass is 19.1. The molecular formula is C16H16F2N2O2. The molecule has 0 saturated carbocycles. The average molecular weight is 306 g/mol. The lowest BCUT2D eigenvalue weighted by atomic mass is 10.0. The molecule has 1 spiro atoms. The van der Waals surface area contributed by atoms with Gasteiger partial charge in [-0.3, -0.25) is 4.98 Å². The summed E-state index contributed by atoms with van der Waals surface area (Å²) in [4.78, 5) is 6.21. The van der Waals surface area contributed by atoms with Crippen LogP contribution in [-0.2, 0) is 9.47 Å². The molecule has 2 aromatic rings. The molecular weight excluding hydrogens is 290 g/mol. The summed E-state index contributed by atoms with van der Waals surface area (Å²) >= 11 is 0. The lowest BCUT2D eigenvalue weighted by Gasteiger charge is -2.38. The van der Waals surface area contributed by atoms with E-state index < -0.39 is 17.4 Å². The highest BCUT2D eigenvalue weighted by Gasteiger charge is 2.40. The van der Waals surface area contributed by atoms with Crippen LogP contribution in [0.2, 0.25) is 0 Å². The van der Waals surface area contributed by atoms with Crippen molar-refractivity contribution in [3.05, 3.63) is 36.0 Å². The van der Waals surface area contributed by atoms with Crippen LogP contribution in [-0.4, -0.2) is 37.1 Å². The molecule has 2 fully saturated rings. The van der Waals surface area contributed by atoms with Crippen molar-refractivity contribution in [3.8, 4) is 0 Å². The molecule has 0 atom stereocenters. The Hall–Kier alpha value is -1.79. The summed E-state index contributed by atoms with van der Waals surface area (Å²) in [6.45, 7) is 2.75. The van der Waals surface area contributed by atoms with Crippen molar-refractivity contribution in [2.75, 3.05) is 31.2 Å². The van der Waals surface area contributed by atoms with Crippen molar-refractivity contribution in [2.24, 2.45) is 0 Å². The number of pyridine rings is 1. The van der Waals surface area contributed by atoms with Gasteiger partial charge < -0.3 is 14.4 Å². The Balaban J connectivity index is 1.66. The number of benzene rings is 1. The van der Waals surface area contributed by atoms with Crippen LogP contribution in [0.3, 0.4) is 0 Å². The van der Waals surface area contributed by atoms with E-state index in [1.165, 1.54) is 12.1 Å². The molecule has 1 aromatic carbocycles. The van der Waals surface area contributed by atoms with Crippen LogP contribution in [0.1, 0.15) is 12.8 Å². The van der Waals surface area contributed by atoms with E-state index in [9.17, 15) is 8.78 Å². The third-order valence-electron chi connectivity index (χ3n) is 4.42. The molecule has 6 heteroatoms. The van der Waals surface area contributed by atoms with Gasteiger partial charge >= 0.3 is 0 Å². The molecule has 0 radical (unpaired) electrons. The summed E-state index contributed by atoms with van der Waals surface area (Å²) in [5, 5.41) is 0.214. The number of hydrogen-bond donors (Lipinski definition) is 0. The summed E-state index contributed by atoms with van der Waals surface area (Å²) in [6, 6.07) is 4.26. The Kier molecular flexibility index (Phi) is 3.23. The minimum Gasteiger partial charge on any atom is -0.369 e. The van der Waals surface area contributed by atoms with Gasteiger partial charge in [-0.15, -0.1) is 0 Å². The normalized spacial score (nSPS) is 20.9. The number of ether oxygens (including phenoxy) is 2. The zero-order chi connectivity index (χ0) is 15.2. The average Bonchev–Trinajstić information content (AvgIpc) is 2.98. The van der Waals surface area contributed by atoms with E-state index in [1.54, 1.807) is 6.07 Å². The van der Waals surface area contributed by atoms with Crippen molar-refractivity contribution in [1.82, 2.24) is 4.98 Å². The monoisotopic (exact) mass is 306 g/mol. The molecule has 22 heavy (non-hydrogen) atoms. The summed E-state index contributed by atoms with van der Waals surface area (Å²) in [5.41, 5.74) is 1.31. The molecule has 2 aliphatic heterocycles. The van der Waals surface area contributed by atoms with Gasteiger partial charge in [0.25, 0.3) is 0 Å². The first-order valence-electron chi connectivity index (χ1n) is 7.44. The van der Waals surface area contributed by atoms with E-state index in [0.717, 1.165) is 37.8 Å². The number of anilines is 1. The summed E-state index contributed by atoms with van der Waals surface area (Å²) in [5.74, 6) is -1.44. The quantitative estimate of drug-likeness (QED) is 0.811. The number of fused-ring (bicyclic) bond motifs is 1. The Labute approximate surface area is 126 Å². The first-order valence-corrected chi connectivity index (χ1v) is 7.44. The molecule has 4 rings (SSSR count). The fraction of sp³-hybridized carbons (Fsp3) is 0.438. The van der Waals surface area contributed by atoms with Gasteiger partial charge in [0, 0.05) is 31.3 Å². The molecule has 1 aromatic heterocycles. The molecule has 2 aliphatic rings. The summed E-state index contributed by atoms with van der Waals surface area (Å²) in [7, 11) is 0. The number of nitrogens with zero attached hydrogens (tertiary/aromatic N) is 2. The van der Waals surface area contributed by atoms with Crippen LogP contribution < -0.4 is 4.90 Å². The number of hydrogen-bond acceptors (Lipinski definition) is 4. The van der Waals surface area contributed by atoms with E-state index in [2.05, 4.69) is 9.88 Å². The van der Waals surface area contributed by atoms with Crippen molar-refractivity contribution in [2.45, 2.75) is 18.6 Å². The number of piperidine rings is 1. The van der Waals surface area contributed by atoms with Crippen LogP contribution in [0, 0.1) is 11.6 Å². The van der Waals surface area contributed by atoms with Crippen molar-refractivity contribution >= 4 is 16.6 Å². The Bertz CT molecular complexity index is 707. The molecule has 0 N–H and O–H groups in total.